The van der Waals surface area contributed by atoms with Crippen molar-refractivity contribution in [2.24, 2.45) is 0 Å². The molecule has 1 amide bonds. The second kappa shape index (κ2) is 6.13. The van der Waals surface area contributed by atoms with Crippen LogP contribution in [-0.2, 0) is 4.74 Å². The van der Waals surface area contributed by atoms with E-state index in [1.165, 1.54) is 9.75 Å². The fourth-order valence-electron chi connectivity index (χ4n) is 2.12. The Morgan fingerprint density at radius 3 is 2.36 bits per heavy atom. The molecule has 0 N–H and O–H groups in total. The van der Waals surface area contributed by atoms with Crippen molar-refractivity contribution in [3.05, 3.63) is 40.8 Å². The molecule has 1 aromatic carbocycles. The number of amides is 1. The number of anilines is 1. The first kappa shape index (κ1) is 16.6. The van der Waals surface area contributed by atoms with Crippen LogP contribution in [0.3, 0.4) is 0 Å². The van der Waals surface area contributed by atoms with Gasteiger partial charge in [0.1, 0.15) is 5.60 Å². The fourth-order valence-corrected chi connectivity index (χ4v) is 2.98. The van der Waals surface area contributed by atoms with Crippen LogP contribution in [0, 0.1) is 13.8 Å². The molecule has 2 rings (SSSR count). The first-order valence-electron chi connectivity index (χ1n) is 7.31. The summed E-state index contributed by atoms with van der Waals surface area (Å²) >= 11 is 1.75. The van der Waals surface area contributed by atoms with Gasteiger partial charge in [-0.05, 0) is 70.0 Å². The van der Waals surface area contributed by atoms with E-state index in [0.717, 1.165) is 16.8 Å². The Bertz CT molecular complexity index is 683. The van der Waals surface area contributed by atoms with Gasteiger partial charge in [-0.3, -0.25) is 4.90 Å². The first-order chi connectivity index (χ1) is 10.2. The lowest BCUT2D eigenvalue weighted by atomic mass is 10.1. The van der Waals surface area contributed by atoms with E-state index < -0.39 is 5.60 Å². The zero-order chi connectivity index (χ0) is 16.5. The molecule has 118 valence electrons. The van der Waals surface area contributed by atoms with Gasteiger partial charge in [-0.25, -0.2) is 4.79 Å². The number of carbonyl (C=O) groups is 1. The minimum absolute atomic E-state index is 0.341. The van der Waals surface area contributed by atoms with E-state index in [2.05, 4.69) is 25.1 Å². The summed E-state index contributed by atoms with van der Waals surface area (Å²) in [6, 6.07) is 10.4. The van der Waals surface area contributed by atoms with E-state index >= 15 is 0 Å². The maximum absolute atomic E-state index is 12.2. The van der Waals surface area contributed by atoms with Gasteiger partial charge in [-0.2, -0.15) is 0 Å². The van der Waals surface area contributed by atoms with E-state index in [1.807, 2.05) is 39.8 Å². The first-order valence-corrected chi connectivity index (χ1v) is 8.12. The second-order valence-electron chi connectivity index (χ2n) is 6.51. The maximum atomic E-state index is 12.2. The minimum Gasteiger partial charge on any atom is -0.443 e. The molecule has 0 bridgehead atoms. The number of ether oxygens (including phenoxy) is 1. The monoisotopic (exact) mass is 317 g/mol. The van der Waals surface area contributed by atoms with Crippen molar-refractivity contribution in [3.63, 3.8) is 0 Å². The Morgan fingerprint density at radius 2 is 1.82 bits per heavy atom. The van der Waals surface area contributed by atoms with E-state index in [4.69, 9.17) is 4.74 Å². The van der Waals surface area contributed by atoms with E-state index in [1.54, 1.807) is 23.3 Å². The number of nitrogens with zero attached hydrogens (tertiary/aromatic N) is 1. The van der Waals surface area contributed by atoms with Crippen LogP contribution in [0.1, 0.15) is 31.2 Å². The molecule has 3 nitrogen and oxygen atoms in total. The third-order valence-electron chi connectivity index (χ3n) is 3.14. The largest absolute Gasteiger partial charge is 0.443 e. The molecule has 1 aromatic heterocycles. The van der Waals surface area contributed by atoms with Crippen LogP contribution in [-0.4, -0.2) is 18.7 Å². The SMILES string of the molecule is Cc1cc(-c2ccc(C)s2)cc(N(C)C(=O)OC(C)(C)C)c1. The maximum Gasteiger partial charge on any atom is 0.414 e. The highest BCUT2D eigenvalue weighted by Crippen LogP contribution is 2.31. The molecule has 0 spiro atoms. The van der Waals surface area contributed by atoms with Gasteiger partial charge in [0, 0.05) is 22.5 Å². The zero-order valence-electron chi connectivity index (χ0n) is 14.1. The number of hydrogen-bond donors (Lipinski definition) is 0. The average molecular weight is 317 g/mol. The smallest absolute Gasteiger partial charge is 0.414 e. The predicted molar refractivity (Wildman–Crippen MR) is 93.9 cm³/mol. The lowest BCUT2D eigenvalue weighted by Crippen LogP contribution is -2.34. The number of hydrogen-bond acceptors (Lipinski definition) is 3. The van der Waals surface area contributed by atoms with Crippen LogP contribution in [0.15, 0.2) is 30.3 Å². The molecule has 0 radical (unpaired) electrons. The quantitative estimate of drug-likeness (QED) is 0.742. The molecule has 0 aliphatic rings. The van der Waals surface area contributed by atoms with E-state index in [9.17, 15) is 4.79 Å². The highest BCUT2D eigenvalue weighted by atomic mass is 32.1. The molecule has 22 heavy (non-hydrogen) atoms. The molecule has 0 unspecified atom stereocenters. The number of carbonyl (C=O) groups excluding carboxylic acids is 1. The van der Waals surface area contributed by atoms with Gasteiger partial charge < -0.3 is 4.74 Å². The molecule has 0 saturated carbocycles. The van der Waals surface area contributed by atoms with Crippen LogP contribution >= 0.6 is 11.3 Å². The van der Waals surface area contributed by atoms with E-state index in [-0.39, 0.29) is 6.09 Å². The van der Waals surface area contributed by atoms with Crippen LogP contribution < -0.4 is 4.90 Å². The molecule has 1 heterocycles. The Kier molecular flexibility index (Phi) is 4.61. The topological polar surface area (TPSA) is 29.5 Å². The van der Waals surface area contributed by atoms with Crippen LogP contribution in [0.2, 0.25) is 0 Å². The van der Waals surface area contributed by atoms with Crippen molar-refractivity contribution in [1.29, 1.82) is 0 Å². The number of rotatable bonds is 2. The molecule has 0 aliphatic heterocycles. The van der Waals surface area contributed by atoms with Gasteiger partial charge in [0.25, 0.3) is 0 Å². The van der Waals surface area contributed by atoms with Gasteiger partial charge in [0.05, 0.1) is 0 Å². The number of benzene rings is 1. The summed E-state index contributed by atoms with van der Waals surface area (Å²) in [4.78, 5) is 16.3. The average Bonchev–Trinajstić information content (AvgIpc) is 2.82. The molecular formula is C18H23NO2S. The predicted octanol–water partition coefficient (Wildman–Crippen LogP) is 5.40. The lowest BCUT2D eigenvalue weighted by Gasteiger charge is -2.25. The second-order valence-corrected chi connectivity index (χ2v) is 7.79. The summed E-state index contributed by atoms with van der Waals surface area (Å²) in [6.45, 7) is 9.74. The van der Waals surface area contributed by atoms with Crippen molar-refractivity contribution in [2.45, 2.75) is 40.2 Å². The fraction of sp³-hybridized carbons (Fsp3) is 0.389. The van der Waals surface area contributed by atoms with Gasteiger partial charge in [0.15, 0.2) is 0 Å². The summed E-state index contributed by atoms with van der Waals surface area (Å²) in [7, 11) is 1.74. The molecule has 0 saturated heterocycles. The summed E-state index contributed by atoms with van der Waals surface area (Å²) in [6.07, 6.45) is -0.341. The minimum atomic E-state index is -0.497. The number of thiophene rings is 1. The Hall–Kier alpha value is -1.81. The Balaban J connectivity index is 2.32. The third-order valence-corrected chi connectivity index (χ3v) is 4.19. The highest BCUT2D eigenvalue weighted by Gasteiger charge is 2.21. The zero-order valence-corrected chi connectivity index (χ0v) is 14.9. The molecule has 2 aromatic rings. The summed E-state index contributed by atoms with van der Waals surface area (Å²) in [5.74, 6) is 0. The lowest BCUT2D eigenvalue weighted by molar-refractivity contribution is 0.0589. The standard InChI is InChI=1S/C18H23NO2S/c1-12-9-14(16-8-7-13(2)22-16)11-15(10-12)19(6)17(20)21-18(3,4)5/h7-11H,1-6H3. The van der Waals surface area contributed by atoms with Crippen LogP contribution in [0.4, 0.5) is 10.5 Å². The molecular weight excluding hydrogens is 294 g/mol. The number of aryl methyl sites for hydroxylation is 2. The third kappa shape index (κ3) is 4.10. The Labute approximate surface area is 136 Å². The van der Waals surface area contributed by atoms with Crippen molar-refractivity contribution in [2.75, 3.05) is 11.9 Å². The summed E-state index contributed by atoms with van der Waals surface area (Å²) in [5.41, 5.74) is 2.59. The van der Waals surface area contributed by atoms with Crippen molar-refractivity contribution < 1.29 is 9.53 Å². The molecule has 0 fully saturated rings. The van der Waals surface area contributed by atoms with Gasteiger partial charge >= 0.3 is 6.09 Å². The normalized spacial score (nSPS) is 11.4. The van der Waals surface area contributed by atoms with Crippen molar-refractivity contribution in [3.8, 4) is 10.4 Å². The van der Waals surface area contributed by atoms with Crippen molar-refractivity contribution in [1.82, 2.24) is 0 Å². The van der Waals surface area contributed by atoms with Crippen LogP contribution in [0.25, 0.3) is 10.4 Å². The van der Waals surface area contributed by atoms with Crippen molar-refractivity contribution >= 4 is 23.1 Å². The van der Waals surface area contributed by atoms with E-state index in [0.29, 0.717) is 0 Å². The van der Waals surface area contributed by atoms with Gasteiger partial charge in [-0.15, -0.1) is 11.3 Å². The Morgan fingerprint density at radius 1 is 1.14 bits per heavy atom. The van der Waals surface area contributed by atoms with Crippen LogP contribution in [0.5, 0.6) is 0 Å². The summed E-state index contributed by atoms with van der Waals surface area (Å²) < 4.78 is 5.43. The molecule has 4 heteroatoms. The molecule has 0 aliphatic carbocycles. The van der Waals surface area contributed by atoms with Gasteiger partial charge in [-0.1, -0.05) is 6.07 Å². The highest BCUT2D eigenvalue weighted by molar-refractivity contribution is 7.15. The van der Waals surface area contributed by atoms with Gasteiger partial charge in [0.2, 0.25) is 0 Å². The molecule has 0 atom stereocenters. The summed E-state index contributed by atoms with van der Waals surface area (Å²) in [5, 5.41) is 0.